The SMILES string of the molecule is C=C(Nc1ccc(NC)cc1S(=O)CC)c1c(=O)n2ccccc2c2cc(C)oc12.C=O.COC(C)C.[HH].[HH]. The van der Waals surface area contributed by atoms with Crippen LogP contribution in [-0.4, -0.2) is 41.4 Å². The van der Waals surface area contributed by atoms with Gasteiger partial charge in [-0.05, 0) is 57.2 Å². The predicted molar refractivity (Wildman–Crippen MR) is 157 cm³/mol. The molecule has 1 atom stereocenters. The Labute approximate surface area is 222 Å². The molecular formula is C28H39N3O5S. The first-order chi connectivity index (χ1) is 17.7. The minimum absolute atomic E-state index is 0. The molecule has 2 N–H and O–H groups in total. The standard InChI is InChI=1S/C23H23N3O3S.C4H10O.CH2O.2H2/c1-5-30(28)20-13-16(24-4)9-10-18(20)25-15(3)21-22-17(12-14(2)29-22)19-8-6-7-11-26(19)23(21)27;1-4(2)5-3;1-2;;/h6-13,24-25H,3,5H2,1-2,4H3;4H,1-3H3;1H2;2*1H. The van der Waals surface area contributed by atoms with Crippen molar-refractivity contribution in [1.29, 1.82) is 0 Å². The van der Waals surface area contributed by atoms with Crippen LogP contribution in [-0.2, 0) is 20.3 Å². The molecule has 0 saturated carbocycles. The molecule has 9 heteroatoms. The number of benzene rings is 1. The van der Waals surface area contributed by atoms with Crippen LogP contribution in [0.15, 0.2) is 69.3 Å². The van der Waals surface area contributed by atoms with Crippen molar-refractivity contribution in [3.05, 3.63) is 76.9 Å². The number of ether oxygens (including phenoxy) is 1. The lowest BCUT2D eigenvalue weighted by Crippen LogP contribution is -2.20. The predicted octanol–water partition coefficient (Wildman–Crippen LogP) is 5.95. The van der Waals surface area contributed by atoms with Crippen molar-refractivity contribution in [2.24, 2.45) is 0 Å². The number of anilines is 2. The van der Waals surface area contributed by atoms with Gasteiger partial charge in [-0.1, -0.05) is 19.6 Å². The largest absolute Gasteiger partial charge is 0.460 e. The summed E-state index contributed by atoms with van der Waals surface area (Å²) in [5, 5.41) is 7.11. The summed E-state index contributed by atoms with van der Waals surface area (Å²) in [5.74, 6) is 1.19. The van der Waals surface area contributed by atoms with E-state index in [4.69, 9.17) is 13.9 Å². The minimum Gasteiger partial charge on any atom is -0.460 e. The number of nitrogens with one attached hydrogen (secondary N) is 2. The molecule has 0 bridgehead atoms. The van der Waals surface area contributed by atoms with Crippen LogP contribution >= 0.6 is 0 Å². The van der Waals surface area contributed by atoms with E-state index >= 15 is 0 Å². The van der Waals surface area contributed by atoms with E-state index in [0.29, 0.717) is 45.0 Å². The molecule has 37 heavy (non-hydrogen) atoms. The van der Waals surface area contributed by atoms with E-state index in [0.717, 1.165) is 16.6 Å². The summed E-state index contributed by atoms with van der Waals surface area (Å²) in [5.41, 5.74) is 3.29. The number of hydrogen-bond donors (Lipinski definition) is 2. The third-order valence-corrected chi connectivity index (χ3v) is 6.84. The molecular weight excluding hydrogens is 490 g/mol. The van der Waals surface area contributed by atoms with E-state index in [-0.39, 0.29) is 8.41 Å². The molecule has 0 aliphatic carbocycles. The number of methoxy groups -OCH3 is 1. The molecule has 4 rings (SSSR count). The first kappa shape index (κ1) is 29.5. The number of aromatic nitrogens is 1. The fourth-order valence-corrected chi connectivity index (χ4v) is 4.50. The number of furan rings is 1. The quantitative estimate of drug-likeness (QED) is 0.305. The highest BCUT2D eigenvalue weighted by molar-refractivity contribution is 7.85. The van der Waals surface area contributed by atoms with Crippen molar-refractivity contribution in [1.82, 2.24) is 4.40 Å². The molecule has 0 fully saturated rings. The van der Waals surface area contributed by atoms with E-state index < -0.39 is 10.8 Å². The summed E-state index contributed by atoms with van der Waals surface area (Å²) >= 11 is 0. The topological polar surface area (TPSA) is 102 Å². The molecule has 1 aromatic carbocycles. The van der Waals surface area contributed by atoms with Gasteiger partial charge in [0.15, 0.2) is 5.58 Å². The number of hydrogen-bond acceptors (Lipinski definition) is 7. The highest BCUT2D eigenvalue weighted by Gasteiger charge is 2.20. The van der Waals surface area contributed by atoms with Gasteiger partial charge in [0, 0.05) is 45.7 Å². The van der Waals surface area contributed by atoms with E-state index in [1.54, 1.807) is 17.7 Å². The Balaban J connectivity index is 0.00000145. The van der Waals surface area contributed by atoms with Crippen LogP contribution in [0.3, 0.4) is 0 Å². The molecule has 8 nitrogen and oxygen atoms in total. The van der Waals surface area contributed by atoms with Crippen LogP contribution in [0.4, 0.5) is 11.4 Å². The summed E-state index contributed by atoms with van der Waals surface area (Å²) in [6.45, 7) is 13.8. The molecule has 0 radical (unpaired) electrons. The lowest BCUT2D eigenvalue weighted by atomic mass is 10.1. The molecule has 0 amide bonds. The number of carbonyl (C=O) groups excluding carboxylic acids is 1. The van der Waals surface area contributed by atoms with Crippen LogP contribution in [0.5, 0.6) is 0 Å². The molecule has 202 valence electrons. The molecule has 4 aromatic rings. The van der Waals surface area contributed by atoms with Crippen molar-refractivity contribution in [3.63, 3.8) is 0 Å². The van der Waals surface area contributed by atoms with Crippen LogP contribution in [0.1, 0.15) is 34.9 Å². The third-order valence-electron chi connectivity index (χ3n) is 5.49. The van der Waals surface area contributed by atoms with Gasteiger partial charge in [0.05, 0.1) is 33.0 Å². The second kappa shape index (κ2) is 13.6. The fraction of sp³-hybridized carbons (Fsp3) is 0.286. The first-order valence-electron chi connectivity index (χ1n) is 11.7. The smallest absolute Gasteiger partial charge is 0.268 e. The monoisotopic (exact) mass is 529 g/mol. The molecule has 3 heterocycles. The minimum atomic E-state index is -1.19. The van der Waals surface area contributed by atoms with Crippen LogP contribution in [0.2, 0.25) is 0 Å². The summed E-state index contributed by atoms with van der Waals surface area (Å²) < 4.78 is 24.8. The second-order valence-electron chi connectivity index (χ2n) is 8.22. The van der Waals surface area contributed by atoms with Gasteiger partial charge in [-0.2, -0.15) is 0 Å². The maximum Gasteiger partial charge on any atom is 0.268 e. The van der Waals surface area contributed by atoms with Crippen molar-refractivity contribution >= 4 is 51.1 Å². The van der Waals surface area contributed by atoms with Gasteiger partial charge in [-0.3, -0.25) is 13.4 Å². The lowest BCUT2D eigenvalue weighted by Gasteiger charge is -2.15. The average molecular weight is 530 g/mol. The molecule has 0 saturated heterocycles. The zero-order valence-corrected chi connectivity index (χ0v) is 23.0. The van der Waals surface area contributed by atoms with E-state index in [2.05, 4.69) is 17.2 Å². The maximum atomic E-state index is 13.3. The number of pyridine rings is 2. The van der Waals surface area contributed by atoms with E-state index in [1.165, 1.54) is 0 Å². The number of fused-ring (bicyclic) bond motifs is 3. The summed E-state index contributed by atoms with van der Waals surface area (Å²) in [4.78, 5) is 21.9. The lowest BCUT2D eigenvalue weighted by molar-refractivity contribution is -0.0980. The van der Waals surface area contributed by atoms with Gasteiger partial charge in [-0.25, -0.2) is 0 Å². The molecule has 0 aliphatic heterocycles. The zero-order valence-electron chi connectivity index (χ0n) is 22.2. The van der Waals surface area contributed by atoms with Crippen LogP contribution in [0.25, 0.3) is 22.2 Å². The fourth-order valence-electron chi connectivity index (χ4n) is 3.56. The molecule has 0 spiro atoms. The normalized spacial score (nSPS) is 11.3. The first-order valence-corrected chi connectivity index (χ1v) is 13.0. The Morgan fingerprint density at radius 1 is 1.22 bits per heavy atom. The number of rotatable bonds is 7. The Morgan fingerprint density at radius 2 is 1.89 bits per heavy atom. The summed E-state index contributed by atoms with van der Waals surface area (Å²) in [6, 6.07) is 13.1. The highest BCUT2D eigenvalue weighted by atomic mass is 32.2. The van der Waals surface area contributed by atoms with Gasteiger partial charge in [-0.15, -0.1) is 0 Å². The van der Waals surface area contributed by atoms with Crippen molar-refractivity contribution in [3.8, 4) is 0 Å². The van der Waals surface area contributed by atoms with Crippen LogP contribution in [0, 0.1) is 6.92 Å². The molecule has 1 unspecified atom stereocenters. The van der Waals surface area contributed by atoms with Gasteiger partial charge < -0.3 is 24.6 Å². The Kier molecular flexibility index (Phi) is 10.8. The van der Waals surface area contributed by atoms with Crippen molar-refractivity contribution in [2.75, 3.05) is 30.5 Å². The van der Waals surface area contributed by atoms with Crippen molar-refractivity contribution < 1.29 is 21.0 Å². The van der Waals surface area contributed by atoms with E-state index in [9.17, 15) is 9.00 Å². The van der Waals surface area contributed by atoms with E-state index in [1.807, 2.05) is 84.0 Å². The number of nitrogens with zero attached hydrogens (tertiary/aromatic N) is 1. The molecule has 3 aromatic heterocycles. The molecule has 0 aliphatic rings. The number of aryl methyl sites for hydroxylation is 1. The van der Waals surface area contributed by atoms with Gasteiger partial charge in [0.2, 0.25) is 0 Å². The summed E-state index contributed by atoms with van der Waals surface area (Å²) in [7, 11) is 2.32. The van der Waals surface area contributed by atoms with Crippen LogP contribution < -0.4 is 16.2 Å². The Hall–Kier alpha value is -3.69. The Morgan fingerprint density at radius 3 is 2.49 bits per heavy atom. The Bertz CT molecular complexity index is 1470. The van der Waals surface area contributed by atoms with Gasteiger partial charge in [0.25, 0.3) is 5.56 Å². The maximum absolute atomic E-state index is 13.3. The summed E-state index contributed by atoms with van der Waals surface area (Å²) in [6.07, 6.45) is 2.12. The van der Waals surface area contributed by atoms with Crippen molar-refractivity contribution in [2.45, 2.75) is 38.7 Å². The highest BCUT2D eigenvalue weighted by Crippen LogP contribution is 2.31. The third kappa shape index (κ3) is 6.75. The van der Waals surface area contributed by atoms with Gasteiger partial charge >= 0.3 is 0 Å². The number of carbonyl (C=O) groups is 1. The van der Waals surface area contributed by atoms with Gasteiger partial charge in [0.1, 0.15) is 18.1 Å². The average Bonchev–Trinajstić information content (AvgIpc) is 3.31. The zero-order chi connectivity index (χ0) is 27.7. The second-order valence-corrected chi connectivity index (χ2v) is 9.93.